The number of benzene rings is 1. The van der Waals surface area contributed by atoms with E-state index in [4.69, 9.17) is 39.9 Å². The van der Waals surface area contributed by atoms with Crippen LogP contribution in [0.2, 0.25) is 10.0 Å². The number of hydrogen-bond donors (Lipinski definition) is 2. The van der Waals surface area contributed by atoms with Gasteiger partial charge in [-0.15, -0.1) is 0 Å². The maximum atomic E-state index is 13.0. The van der Waals surface area contributed by atoms with Gasteiger partial charge in [-0.3, -0.25) is 4.79 Å². The van der Waals surface area contributed by atoms with E-state index in [-0.39, 0.29) is 5.91 Å². The van der Waals surface area contributed by atoms with Crippen LogP contribution in [0.15, 0.2) is 40.1 Å². The van der Waals surface area contributed by atoms with Gasteiger partial charge in [-0.25, -0.2) is 0 Å². The number of thiocarbonyl (C=S) groups is 1. The molecule has 0 radical (unpaired) electrons. The Morgan fingerprint density at radius 2 is 2.08 bits per heavy atom. The first-order chi connectivity index (χ1) is 12.3. The predicted molar refractivity (Wildman–Crippen MR) is 105 cm³/mol. The van der Waals surface area contributed by atoms with E-state index in [9.17, 15) is 4.79 Å². The van der Waals surface area contributed by atoms with Crippen LogP contribution in [0.1, 0.15) is 24.3 Å². The highest BCUT2D eigenvalue weighted by Gasteiger charge is 2.33. The molecule has 2 N–H and O–H groups in total. The van der Waals surface area contributed by atoms with Crippen molar-refractivity contribution in [1.82, 2.24) is 15.4 Å². The maximum absolute atomic E-state index is 13.0. The van der Waals surface area contributed by atoms with Crippen molar-refractivity contribution >= 4 is 52.3 Å². The third-order valence-electron chi connectivity index (χ3n) is 4.14. The molecule has 1 aromatic heterocycles. The molecule has 0 saturated heterocycles. The topological polar surface area (TPSA) is 70.4 Å². The molecular weight excluding hydrogens is 395 g/mol. The zero-order chi connectivity index (χ0) is 19.0. The molecule has 6 nitrogen and oxygen atoms in total. The van der Waals surface area contributed by atoms with Crippen molar-refractivity contribution in [2.45, 2.75) is 19.9 Å². The molecule has 3 rings (SSSR count). The number of carbonyl (C=O) groups excluding carboxylic acids is 1. The summed E-state index contributed by atoms with van der Waals surface area (Å²) in [4.78, 5) is 14.7. The molecule has 1 aliphatic rings. The van der Waals surface area contributed by atoms with Crippen LogP contribution in [0.3, 0.4) is 0 Å². The highest BCUT2D eigenvalue weighted by Crippen LogP contribution is 2.35. The number of amides is 1. The molecule has 0 fully saturated rings. The van der Waals surface area contributed by atoms with Gasteiger partial charge in [0, 0.05) is 28.9 Å². The maximum Gasteiger partial charge on any atom is 0.257 e. The van der Waals surface area contributed by atoms with E-state index < -0.39 is 6.04 Å². The zero-order valence-corrected chi connectivity index (χ0v) is 16.6. The summed E-state index contributed by atoms with van der Waals surface area (Å²) in [6.07, 6.45) is 0. The summed E-state index contributed by atoms with van der Waals surface area (Å²) >= 11 is 17.7. The van der Waals surface area contributed by atoms with E-state index in [1.54, 1.807) is 43.1 Å². The van der Waals surface area contributed by atoms with Crippen LogP contribution >= 0.6 is 35.4 Å². The minimum Gasteiger partial charge on any atom is -0.360 e. The molecule has 0 spiro atoms. The number of halogens is 2. The molecule has 2 heterocycles. The highest BCUT2D eigenvalue weighted by atomic mass is 35.5. The summed E-state index contributed by atoms with van der Waals surface area (Å²) < 4.78 is 5.00. The van der Waals surface area contributed by atoms with Gasteiger partial charge in [0.25, 0.3) is 5.91 Å². The number of allylic oxidation sites excluding steroid dienone is 1. The fourth-order valence-corrected chi connectivity index (χ4v) is 3.48. The Hall–Kier alpha value is -2.09. The lowest BCUT2D eigenvalue weighted by atomic mass is 9.94. The fourth-order valence-electron chi connectivity index (χ4n) is 2.71. The standard InChI is InChI=1S/C17H16Cl2N4O2S/c1-8-6-13(22-25-8)20-16(24)14-9(2)23(3)17(26)21-15(14)11-5-4-10(18)7-12(11)19/h4-7,15H,1-3H3,(H,21,26)(H,20,22,24). The molecule has 0 aliphatic carbocycles. The Kier molecular flexibility index (Phi) is 5.22. The van der Waals surface area contributed by atoms with Gasteiger partial charge in [-0.2, -0.15) is 0 Å². The minimum atomic E-state index is -0.517. The first-order valence-electron chi connectivity index (χ1n) is 7.72. The lowest BCUT2D eigenvalue weighted by Gasteiger charge is -2.36. The molecule has 26 heavy (non-hydrogen) atoms. The molecule has 1 aliphatic heterocycles. The second-order valence-corrected chi connectivity index (χ2v) is 7.11. The number of anilines is 1. The number of hydrogen-bond acceptors (Lipinski definition) is 4. The summed E-state index contributed by atoms with van der Waals surface area (Å²) in [6, 6.07) is 6.25. The number of nitrogens with zero attached hydrogens (tertiary/aromatic N) is 2. The largest absolute Gasteiger partial charge is 0.360 e. The van der Waals surface area contributed by atoms with Crippen LogP contribution in [0.25, 0.3) is 0 Å². The minimum absolute atomic E-state index is 0.325. The first-order valence-corrected chi connectivity index (χ1v) is 8.89. The van der Waals surface area contributed by atoms with E-state index in [0.717, 1.165) is 0 Å². The number of nitrogens with one attached hydrogen (secondary N) is 2. The normalized spacial score (nSPS) is 17.3. The van der Waals surface area contributed by atoms with Crippen molar-refractivity contribution in [3.05, 3.63) is 56.9 Å². The van der Waals surface area contributed by atoms with E-state index in [0.29, 0.717) is 43.6 Å². The van der Waals surface area contributed by atoms with Crippen molar-refractivity contribution in [2.75, 3.05) is 12.4 Å². The third kappa shape index (κ3) is 3.56. The molecule has 9 heteroatoms. The average Bonchev–Trinajstić information content (AvgIpc) is 2.97. The molecule has 136 valence electrons. The van der Waals surface area contributed by atoms with Crippen molar-refractivity contribution in [3.8, 4) is 0 Å². The molecule has 0 bridgehead atoms. The molecule has 1 amide bonds. The van der Waals surface area contributed by atoms with E-state index in [1.807, 2.05) is 6.92 Å². The molecule has 0 saturated carbocycles. The van der Waals surface area contributed by atoms with E-state index in [2.05, 4.69) is 15.8 Å². The van der Waals surface area contributed by atoms with Crippen LogP contribution < -0.4 is 10.6 Å². The Labute approximate surface area is 166 Å². The van der Waals surface area contributed by atoms with Gasteiger partial charge >= 0.3 is 0 Å². The number of aryl methyl sites for hydroxylation is 1. The first kappa shape index (κ1) is 18.7. The zero-order valence-electron chi connectivity index (χ0n) is 14.3. The summed E-state index contributed by atoms with van der Waals surface area (Å²) in [7, 11) is 1.79. The van der Waals surface area contributed by atoms with E-state index >= 15 is 0 Å². The smallest absolute Gasteiger partial charge is 0.257 e. The van der Waals surface area contributed by atoms with Crippen LogP contribution in [-0.2, 0) is 4.79 Å². The van der Waals surface area contributed by atoms with Gasteiger partial charge in [0.05, 0.1) is 11.6 Å². The second kappa shape index (κ2) is 7.26. The Morgan fingerprint density at radius 1 is 1.35 bits per heavy atom. The summed E-state index contributed by atoms with van der Waals surface area (Å²) in [5.41, 5.74) is 1.89. The lowest BCUT2D eigenvalue weighted by molar-refractivity contribution is -0.113. The van der Waals surface area contributed by atoms with Gasteiger partial charge < -0.3 is 20.1 Å². The van der Waals surface area contributed by atoms with Crippen molar-refractivity contribution in [1.29, 1.82) is 0 Å². The molecule has 2 aromatic rings. The summed E-state index contributed by atoms with van der Waals surface area (Å²) in [5.74, 6) is 0.613. The highest BCUT2D eigenvalue weighted by molar-refractivity contribution is 7.80. The van der Waals surface area contributed by atoms with Crippen molar-refractivity contribution in [2.24, 2.45) is 0 Å². The van der Waals surface area contributed by atoms with Crippen LogP contribution in [-0.4, -0.2) is 28.1 Å². The van der Waals surface area contributed by atoms with Crippen molar-refractivity contribution < 1.29 is 9.32 Å². The van der Waals surface area contributed by atoms with Crippen molar-refractivity contribution in [3.63, 3.8) is 0 Å². The molecule has 1 unspecified atom stereocenters. The average molecular weight is 411 g/mol. The SMILES string of the molecule is CC1=C(C(=O)Nc2cc(C)on2)C(c2ccc(Cl)cc2Cl)NC(=S)N1C. The van der Waals surface area contributed by atoms with E-state index in [1.165, 1.54) is 0 Å². The van der Waals surface area contributed by atoms with Gasteiger partial charge in [0.2, 0.25) is 0 Å². The van der Waals surface area contributed by atoms with Gasteiger partial charge in [-0.1, -0.05) is 34.4 Å². The van der Waals surface area contributed by atoms with Gasteiger partial charge in [0.15, 0.2) is 10.9 Å². The van der Waals surface area contributed by atoms with Crippen LogP contribution in [0, 0.1) is 6.92 Å². The third-order valence-corrected chi connectivity index (χ3v) is 5.10. The predicted octanol–water partition coefficient (Wildman–Crippen LogP) is 4.06. The molecular formula is C17H16Cl2N4O2S. The summed E-state index contributed by atoms with van der Waals surface area (Å²) in [5, 5.41) is 11.2. The number of aromatic nitrogens is 1. The number of rotatable bonds is 3. The monoisotopic (exact) mass is 410 g/mol. The van der Waals surface area contributed by atoms with Crippen LogP contribution in [0.5, 0.6) is 0 Å². The summed E-state index contributed by atoms with van der Waals surface area (Å²) in [6.45, 7) is 3.57. The quantitative estimate of drug-likeness (QED) is 0.743. The van der Waals surface area contributed by atoms with Gasteiger partial charge in [-0.05, 0) is 43.8 Å². The Bertz CT molecular complexity index is 925. The Morgan fingerprint density at radius 3 is 2.69 bits per heavy atom. The van der Waals surface area contributed by atoms with Gasteiger partial charge in [0.1, 0.15) is 5.76 Å². The lowest BCUT2D eigenvalue weighted by Crippen LogP contribution is -2.46. The van der Waals surface area contributed by atoms with Crippen LogP contribution in [0.4, 0.5) is 5.82 Å². The fraction of sp³-hybridized carbons (Fsp3) is 0.235. The number of carbonyl (C=O) groups is 1. The molecule has 1 aromatic carbocycles. The molecule has 1 atom stereocenters. The second-order valence-electron chi connectivity index (χ2n) is 5.88. The Balaban J connectivity index is 2.03.